The second-order valence-corrected chi connectivity index (χ2v) is 2.79. The van der Waals surface area contributed by atoms with E-state index < -0.39 is 0 Å². The molecule has 0 bridgehead atoms. The number of pyridine rings is 1. The minimum absolute atomic E-state index is 0.973. The van der Waals surface area contributed by atoms with Crippen LogP contribution in [0, 0.1) is 0 Å². The van der Waals surface area contributed by atoms with Gasteiger partial charge in [0.15, 0.2) is 0 Å². The average molecular weight is 177 g/mol. The maximum absolute atomic E-state index is 4.19. The number of hydrogen-bond acceptors (Lipinski definition) is 3. The molecule has 0 saturated carbocycles. The van der Waals surface area contributed by atoms with Crippen molar-refractivity contribution in [2.75, 3.05) is 0 Å². The minimum atomic E-state index is 0.973. The molecule has 4 heteroatoms. The van der Waals surface area contributed by atoms with E-state index in [1.165, 1.54) is 0 Å². The third-order valence-corrected chi connectivity index (χ3v) is 1.91. The maximum atomic E-state index is 4.19. The molecule has 0 N–H and O–H groups in total. The Morgan fingerprint density at radius 1 is 1.17 bits per heavy atom. The summed E-state index contributed by atoms with van der Waals surface area (Å²) in [4.78, 5) is 7.89. The quantitative estimate of drug-likeness (QED) is 0.671. The van der Waals surface area contributed by atoms with E-state index >= 15 is 0 Å². The van der Waals surface area contributed by atoms with E-state index in [0.29, 0.717) is 0 Å². The van der Waals surface area contributed by atoms with Gasteiger partial charge in [0.05, 0.1) is 11.9 Å². The highest BCUT2D eigenvalue weighted by Crippen LogP contribution is 2.17. The summed E-state index contributed by atoms with van der Waals surface area (Å²) < 4.78 is 1.68. The third-order valence-electron chi connectivity index (χ3n) is 1.60. The second kappa shape index (κ2) is 2.98. The molecule has 0 radical (unpaired) electrons. The Labute approximate surface area is 75.6 Å². The summed E-state index contributed by atoms with van der Waals surface area (Å²) in [7, 11) is 0. The largest absolute Gasteiger partial charge is 0.275 e. The van der Waals surface area contributed by atoms with Crippen LogP contribution in [0.15, 0.2) is 37.1 Å². The number of rotatable bonds is 1. The lowest BCUT2D eigenvalue weighted by Crippen LogP contribution is -1.82. The normalized spacial score (nSPS) is 10.1. The standard InChI is InChI=1S/C8H7N3S/c12-11-6-10-5-8(11)7-1-3-9-4-2-7/h1-6,12H. The molecule has 2 heterocycles. The lowest BCUT2D eigenvalue weighted by atomic mass is 10.2. The predicted molar refractivity (Wildman–Crippen MR) is 49.8 cm³/mol. The molecular formula is C8H7N3S. The number of nitrogens with zero attached hydrogens (tertiary/aromatic N) is 3. The molecule has 0 saturated heterocycles. The van der Waals surface area contributed by atoms with E-state index in [1.54, 1.807) is 28.9 Å². The van der Waals surface area contributed by atoms with Crippen LogP contribution in [0.1, 0.15) is 0 Å². The van der Waals surface area contributed by atoms with Gasteiger partial charge >= 0.3 is 0 Å². The van der Waals surface area contributed by atoms with Crippen molar-refractivity contribution < 1.29 is 0 Å². The molecule has 0 amide bonds. The molecule has 2 aromatic heterocycles. The van der Waals surface area contributed by atoms with Gasteiger partial charge in [-0.25, -0.2) is 4.98 Å². The van der Waals surface area contributed by atoms with Gasteiger partial charge in [0, 0.05) is 18.0 Å². The van der Waals surface area contributed by atoms with Crippen LogP contribution in [0.2, 0.25) is 0 Å². The van der Waals surface area contributed by atoms with E-state index in [4.69, 9.17) is 0 Å². The van der Waals surface area contributed by atoms with E-state index in [2.05, 4.69) is 22.8 Å². The minimum Gasteiger partial charge on any atom is -0.275 e. The summed E-state index contributed by atoms with van der Waals surface area (Å²) in [6.45, 7) is 0. The van der Waals surface area contributed by atoms with Crippen LogP contribution >= 0.6 is 12.8 Å². The SMILES string of the molecule is Sn1cncc1-c1ccncc1. The Balaban J connectivity index is 2.51. The molecular weight excluding hydrogens is 170 g/mol. The molecule has 0 atom stereocenters. The van der Waals surface area contributed by atoms with Gasteiger partial charge in [-0.15, -0.1) is 0 Å². The summed E-state index contributed by atoms with van der Waals surface area (Å²) in [5, 5.41) is 0. The van der Waals surface area contributed by atoms with Gasteiger partial charge in [0.25, 0.3) is 0 Å². The molecule has 0 aliphatic rings. The fourth-order valence-electron chi connectivity index (χ4n) is 1.02. The van der Waals surface area contributed by atoms with E-state index in [9.17, 15) is 0 Å². The monoisotopic (exact) mass is 177 g/mol. The average Bonchev–Trinajstić information content (AvgIpc) is 2.53. The highest BCUT2D eigenvalue weighted by molar-refractivity contribution is 7.78. The van der Waals surface area contributed by atoms with Crippen LogP contribution in [0.3, 0.4) is 0 Å². The molecule has 60 valence electrons. The van der Waals surface area contributed by atoms with Crippen LogP contribution in [0.4, 0.5) is 0 Å². The zero-order valence-corrected chi connectivity index (χ0v) is 7.15. The van der Waals surface area contributed by atoms with Gasteiger partial charge in [-0.05, 0) is 12.1 Å². The smallest absolute Gasteiger partial charge is 0.105 e. The molecule has 0 aliphatic carbocycles. The van der Waals surface area contributed by atoms with E-state index in [1.807, 2.05) is 12.1 Å². The summed E-state index contributed by atoms with van der Waals surface area (Å²) in [5.74, 6) is 0. The molecule has 12 heavy (non-hydrogen) atoms. The van der Waals surface area contributed by atoms with Crippen LogP contribution in [-0.4, -0.2) is 13.9 Å². The first-order valence-electron chi connectivity index (χ1n) is 3.50. The molecule has 0 fully saturated rings. The highest BCUT2D eigenvalue weighted by atomic mass is 32.1. The Bertz CT molecular complexity index is 369. The zero-order valence-electron chi connectivity index (χ0n) is 6.25. The van der Waals surface area contributed by atoms with Gasteiger partial charge in [0.1, 0.15) is 6.33 Å². The Hall–Kier alpha value is -1.29. The Morgan fingerprint density at radius 2 is 1.92 bits per heavy atom. The van der Waals surface area contributed by atoms with Gasteiger partial charge in [-0.2, -0.15) is 0 Å². The van der Waals surface area contributed by atoms with Gasteiger partial charge in [-0.1, -0.05) is 12.8 Å². The van der Waals surface area contributed by atoms with Crippen LogP contribution in [0.25, 0.3) is 11.3 Å². The van der Waals surface area contributed by atoms with Gasteiger partial charge in [0.2, 0.25) is 0 Å². The van der Waals surface area contributed by atoms with Crippen molar-refractivity contribution in [1.29, 1.82) is 0 Å². The molecule has 0 unspecified atom stereocenters. The Kier molecular flexibility index (Phi) is 1.83. The van der Waals surface area contributed by atoms with Crippen molar-refractivity contribution in [3.8, 4) is 11.3 Å². The van der Waals surface area contributed by atoms with Crippen LogP contribution < -0.4 is 0 Å². The van der Waals surface area contributed by atoms with Crippen molar-refractivity contribution in [3.05, 3.63) is 37.1 Å². The maximum Gasteiger partial charge on any atom is 0.105 e. The Morgan fingerprint density at radius 3 is 2.50 bits per heavy atom. The third kappa shape index (κ3) is 1.21. The first-order chi connectivity index (χ1) is 5.88. The molecule has 0 aromatic carbocycles. The summed E-state index contributed by atoms with van der Waals surface area (Å²) >= 11 is 4.19. The lowest BCUT2D eigenvalue weighted by Gasteiger charge is -1.98. The fraction of sp³-hybridized carbons (Fsp3) is 0. The number of hydrogen-bond donors (Lipinski definition) is 1. The number of aromatic nitrogens is 3. The topological polar surface area (TPSA) is 30.7 Å². The van der Waals surface area contributed by atoms with Crippen LogP contribution in [-0.2, 0) is 0 Å². The first kappa shape index (κ1) is 7.36. The van der Waals surface area contributed by atoms with E-state index in [-0.39, 0.29) is 0 Å². The predicted octanol–water partition coefficient (Wildman–Crippen LogP) is 1.64. The number of thiol groups is 1. The number of imidazole rings is 1. The summed E-state index contributed by atoms with van der Waals surface area (Å²) in [6, 6.07) is 3.84. The van der Waals surface area contributed by atoms with Crippen molar-refractivity contribution in [1.82, 2.24) is 13.9 Å². The van der Waals surface area contributed by atoms with Crippen molar-refractivity contribution in [3.63, 3.8) is 0 Å². The molecule has 2 aromatic rings. The fourth-order valence-corrected chi connectivity index (χ4v) is 1.24. The van der Waals surface area contributed by atoms with Gasteiger partial charge in [-0.3, -0.25) is 8.96 Å². The summed E-state index contributed by atoms with van der Waals surface area (Å²) in [6.07, 6.45) is 6.91. The van der Waals surface area contributed by atoms with Crippen molar-refractivity contribution in [2.45, 2.75) is 0 Å². The molecule has 3 nitrogen and oxygen atoms in total. The summed E-state index contributed by atoms with van der Waals surface area (Å²) in [5.41, 5.74) is 2.04. The molecule has 2 rings (SSSR count). The first-order valence-corrected chi connectivity index (χ1v) is 3.90. The van der Waals surface area contributed by atoms with Crippen molar-refractivity contribution in [2.24, 2.45) is 0 Å². The highest BCUT2D eigenvalue weighted by Gasteiger charge is 2.00. The van der Waals surface area contributed by atoms with E-state index in [0.717, 1.165) is 11.3 Å². The van der Waals surface area contributed by atoms with Crippen molar-refractivity contribution >= 4 is 12.8 Å². The van der Waals surface area contributed by atoms with Gasteiger partial charge < -0.3 is 0 Å². The second-order valence-electron chi connectivity index (χ2n) is 2.36. The van der Waals surface area contributed by atoms with Crippen LogP contribution in [0.5, 0.6) is 0 Å². The molecule has 0 spiro atoms. The lowest BCUT2D eigenvalue weighted by molar-refractivity contribution is 1.24. The molecule has 0 aliphatic heterocycles. The zero-order chi connectivity index (χ0) is 8.39.